The Kier molecular flexibility index (Phi) is 5.49. The number of pyridine rings is 1. The summed E-state index contributed by atoms with van der Waals surface area (Å²) in [5.74, 6) is -0.948. The number of hydrogen-bond acceptors (Lipinski definition) is 5. The van der Waals surface area contributed by atoms with Crippen LogP contribution in [0.2, 0.25) is 0 Å². The van der Waals surface area contributed by atoms with Gasteiger partial charge in [0, 0.05) is 30.7 Å². The van der Waals surface area contributed by atoms with Gasteiger partial charge in [0.15, 0.2) is 0 Å². The summed E-state index contributed by atoms with van der Waals surface area (Å²) in [4.78, 5) is 31.9. The summed E-state index contributed by atoms with van der Waals surface area (Å²) in [6.07, 6.45) is -0.207. The highest BCUT2D eigenvalue weighted by Crippen LogP contribution is 2.20. The maximum absolute atomic E-state index is 13.1. The predicted octanol–water partition coefficient (Wildman–Crippen LogP) is 1.40. The average Bonchev–Trinajstić information content (AvgIpc) is 2.60. The molecule has 1 aromatic heterocycles. The molecule has 138 valence electrons. The summed E-state index contributed by atoms with van der Waals surface area (Å²) in [5, 5.41) is 9.81. The maximum atomic E-state index is 13.1. The van der Waals surface area contributed by atoms with Crippen molar-refractivity contribution >= 4 is 22.8 Å². The smallest absolute Gasteiger partial charge is 0.317 e. The Balaban J connectivity index is 1.75. The molecule has 7 heteroatoms. The highest BCUT2D eigenvalue weighted by atomic mass is 16.5. The van der Waals surface area contributed by atoms with E-state index in [0.29, 0.717) is 37.3 Å². The molecule has 2 aromatic rings. The van der Waals surface area contributed by atoms with E-state index in [1.54, 1.807) is 22.9 Å². The number of aryl methyl sites for hydroxylation is 1. The Bertz CT molecular complexity index is 824. The number of nitrogens with zero attached hydrogens (tertiary/aromatic N) is 3. The zero-order valence-corrected chi connectivity index (χ0v) is 15.0. The van der Waals surface area contributed by atoms with Crippen molar-refractivity contribution in [2.24, 2.45) is 0 Å². The average molecular weight is 357 g/mol. The first-order valence-electron chi connectivity index (χ1n) is 8.61. The molecule has 3 rings (SSSR count). The van der Waals surface area contributed by atoms with E-state index in [4.69, 9.17) is 9.84 Å². The predicted molar refractivity (Wildman–Crippen MR) is 97.3 cm³/mol. The number of amides is 1. The van der Waals surface area contributed by atoms with E-state index in [0.717, 1.165) is 11.1 Å². The van der Waals surface area contributed by atoms with Gasteiger partial charge in [0.2, 0.25) is 0 Å². The number of fused-ring (bicyclic) bond motifs is 1. The van der Waals surface area contributed by atoms with Crippen LogP contribution in [-0.4, -0.2) is 77.7 Å². The number of aromatic nitrogens is 1. The lowest BCUT2D eigenvalue weighted by molar-refractivity contribution is -0.138. The molecule has 1 amide bonds. The number of morpholine rings is 1. The molecule has 0 radical (unpaired) electrons. The number of benzene rings is 1. The van der Waals surface area contributed by atoms with Crippen molar-refractivity contribution < 1.29 is 19.4 Å². The normalized spacial score (nSPS) is 17.7. The highest BCUT2D eigenvalue weighted by molar-refractivity contribution is 6.05. The van der Waals surface area contributed by atoms with Gasteiger partial charge in [-0.05, 0) is 26.1 Å². The number of likely N-dealkylation sites (N-methyl/N-ethyl adjacent to an activating group) is 1. The third kappa shape index (κ3) is 4.17. The lowest BCUT2D eigenvalue weighted by Gasteiger charge is -2.34. The molecule has 1 saturated heterocycles. The fourth-order valence-corrected chi connectivity index (χ4v) is 3.24. The minimum absolute atomic E-state index is 0.0552. The third-order valence-electron chi connectivity index (χ3n) is 4.44. The van der Waals surface area contributed by atoms with Crippen molar-refractivity contribution in [1.82, 2.24) is 14.8 Å². The molecular formula is C19H23N3O4. The second-order valence-electron chi connectivity index (χ2n) is 6.66. The van der Waals surface area contributed by atoms with Gasteiger partial charge in [-0.3, -0.25) is 19.5 Å². The van der Waals surface area contributed by atoms with Crippen LogP contribution < -0.4 is 0 Å². The quantitative estimate of drug-likeness (QED) is 0.871. The zero-order chi connectivity index (χ0) is 18.7. The molecule has 1 aromatic carbocycles. The molecule has 0 unspecified atom stereocenters. The second-order valence-corrected chi connectivity index (χ2v) is 6.66. The van der Waals surface area contributed by atoms with Crippen LogP contribution in [0.5, 0.6) is 0 Å². The molecule has 1 fully saturated rings. The Morgan fingerprint density at radius 3 is 2.92 bits per heavy atom. The number of carbonyl (C=O) groups excluding carboxylic acids is 1. The zero-order valence-electron chi connectivity index (χ0n) is 15.0. The van der Waals surface area contributed by atoms with Crippen LogP contribution in [0.25, 0.3) is 10.9 Å². The van der Waals surface area contributed by atoms with Gasteiger partial charge in [0.05, 0.1) is 30.3 Å². The minimum atomic E-state index is -0.881. The van der Waals surface area contributed by atoms with Gasteiger partial charge in [0.25, 0.3) is 5.91 Å². The van der Waals surface area contributed by atoms with Gasteiger partial charge < -0.3 is 14.7 Å². The van der Waals surface area contributed by atoms with Crippen molar-refractivity contribution in [3.8, 4) is 0 Å². The van der Waals surface area contributed by atoms with Crippen LogP contribution in [0.1, 0.15) is 16.1 Å². The number of carboxylic acids is 1. The SMILES string of the molecule is Cc1ccc2cccc(C(=O)N3CCO[C@@H](CN(C)CC(=O)O)C3)c2n1. The number of para-hydroxylation sites is 1. The number of rotatable bonds is 5. The monoisotopic (exact) mass is 357 g/mol. The molecule has 7 nitrogen and oxygen atoms in total. The Hall–Kier alpha value is -2.51. The second kappa shape index (κ2) is 7.80. The molecule has 1 aliphatic rings. The van der Waals surface area contributed by atoms with Gasteiger partial charge in [-0.1, -0.05) is 18.2 Å². The lowest BCUT2D eigenvalue weighted by atomic mass is 10.1. The van der Waals surface area contributed by atoms with E-state index in [1.165, 1.54) is 0 Å². The van der Waals surface area contributed by atoms with Gasteiger partial charge in [-0.2, -0.15) is 0 Å². The van der Waals surface area contributed by atoms with Crippen LogP contribution >= 0.6 is 0 Å². The number of aliphatic carboxylic acids is 1. The topological polar surface area (TPSA) is 83.0 Å². The van der Waals surface area contributed by atoms with E-state index in [2.05, 4.69) is 4.98 Å². The molecule has 1 atom stereocenters. The molecule has 26 heavy (non-hydrogen) atoms. The van der Waals surface area contributed by atoms with E-state index in [9.17, 15) is 9.59 Å². The van der Waals surface area contributed by atoms with Gasteiger partial charge in [0.1, 0.15) is 0 Å². The fraction of sp³-hybridized carbons (Fsp3) is 0.421. The Morgan fingerprint density at radius 1 is 1.35 bits per heavy atom. The maximum Gasteiger partial charge on any atom is 0.317 e. The fourth-order valence-electron chi connectivity index (χ4n) is 3.24. The van der Waals surface area contributed by atoms with E-state index < -0.39 is 5.97 Å². The lowest BCUT2D eigenvalue weighted by Crippen LogP contribution is -2.49. The molecule has 1 N–H and O–H groups in total. The Labute approximate surface area is 152 Å². The van der Waals surface area contributed by atoms with E-state index in [1.807, 2.05) is 31.2 Å². The van der Waals surface area contributed by atoms with Crippen molar-refractivity contribution in [3.05, 3.63) is 41.6 Å². The van der Waals surface area contributed by atoms with Crippen LogP contribution in [0, 0.1) is 6.92 Å². The third-order valence-corrected chi connectivity index (χ3v) is 4.44. The summed E-state index contributed by atoms with van der Waals surface area (Å²) < 4.78 is 5.71. The van der Waals surface area contributed by atoms with Crippen LogP contribution in [0.15, 0.2) is 30.3 Å². The van der Waals surface area contributed by atoms with Gasteiger partial charge in [-0.15, -0.1) is 0 Å². The van der Waals surface area contributed by atoms with E-state index in [-0.39, 0.29) is 18.6 Å². The van der Waals surface area contributed by atoms with Crippen LogP contribution in [0.3, 0.4) is 0 Å². The molecule has 0 aliphatic carbocycles. The largest absolute Gasteiger partial charge is 0.480 e. The molecule has 0 spiro atoms. The molecule has 1 aliphatic heterocycles. The molecule has 2 heterocycles. The van der Waals surface area contributed by atoms with Gasteiger partial charge in [-0.25, -0.2) is 0 Å². The summed E-state index contributed by atoms with van der Waals surface area (Å²) in [5.41, 5.74) is 2.17. The number of carboxylic acid groups (broad SMARTS) is 1. The van der Waals surface area contributed by atoms with Crippen molar-refractivity contribution in [1.29, 1.82) is 0 Å². The summed E-state index contributed by atoms with van der Waals surface area (Å²) in [7, 11) is 1.73. The van der Waals surface area contributed by atoms with Crippen molar-refractivity contribution in [3.63, 3.8) is 0 Å². The first-order chi connectivity index (χ1) is 12.4. The van der Waals surface area contributed by atoms with Crippen LogP contribution in [-0.2, 0) is 9.53 Å². The van der Waals surface area contributed by atoms with Gasteiger partial charge >= 0.3 is 5.97 Å². The highest BCUT2D eigenvalue weighted by Gasteiger charge is 2.27. The summed E-state index contributed by atoms with van der Waals surface area (Å²) in [6.45, 7) is 3.70. The minimum Gasteiger partial charge on any atom is -0.480 e. The number of ether oxygens (including phenoxy) is 1. The summed E-state index contributed by atoms with van der Waals surface area (Å²) in [6, 6.07) is 9.52. The Morgan fingerprint density at radius 2 is 2.15 bits per heavy atom. The number of hydrogen-bond donors (Lipinski definition) is 1. The van der Waals surface area contributed by atoms with Crippen molar-refractivity contribution in [2.45, 2.75) is 13.0 Å². The van der Waals surface area contributed by atoms with Crippen molar-refractivity contribution in [2.75, 3.05) is 39.8 Å². The standard InChI is InChI=1S/C19H23N3O4/c1-13-6-7-14-4-3-5-16(18(14)20-13)19(25)22-8-9-26-15(11-22)10-21(2)12-17(23)24/h3-7,15H,8-12H2,1-2H3,(H,23,24)/t15-/m0/s1. The first-order valence-corrected chi connectivity index (χ1v) is 8.61. The first kappa shape index (κ1) is 18.3. The number of carbonyl (C=O) groups is 2. The molecular weight excluding hydrogens is 334 g/mol. The van der Waals surface area contributed by atoms with Crippen LogP contribution in [0.4, 0.5) is 0 Å². The molecule has 0 saturated carbocycles. The molecule has 0 bridgehead atoms. The summed E-state index contributed by atoms with van der Waals surface area (Å²) >= 11 is 0. The van der Waals surface area contributed by atoms with E-state index >= 15 is 0 Å².